The van der Waals surface area contributed by atoms with Crippen LogP contribution in [0.4, 0.5) is 4.79 Å². The zero-order chi connectivity index (χ0) is 8.15. The van der Waals surface area contributed by atoms with Gasteiger partial charge in [-0.15, -0.1) is 0 Å². The number of amides is 1. The first-order valence-electron chi connectivity index (χ1n) is 3.25. The summed E-state index contributed by atoms with van der Waals surface area (Å²) in [6.07, 6.45) is -0.468. The summed E-state index contributed by atoms with van der Waals surface area (Å²) >= 11 is 0. The Labute approximate surface area is 62.5 Å². The molecule has 3 nitrogen and oxygen atoms in total. The summed E-state index contributed by atoms with van der Waals surface area (Å²) in [6, 6.07) is -0.454. The first-order valence-corrected chi connectivity index (χ1v) is 3.25. The van der Waals surface area contributed by atoms with Gasteiger partial charge >= 0.3 is 6.09 Å². The lowest BCUT2D eigenvalue weighted by Crippen LogP contribution is -2.33. The Kier molecular flexibility index (Phi) is 3.92. The fourth-order valence-corrected chi connectivity index (χ4v) is 0.439. The van der Waals surface area contributed by atoms with E-state index < -0.39 is 12.1 Å². The molecule has 1 N–H and O–H groups in total. The van der Waals surface area contributed by atoms with E-state index in [9.17, 15) is 4.79 Å². The number of rotatable bonds is 2. The van der Waals surface area contributed by atoms with Crippen LogP contribution < -0.4 is 5.32 Å². The van der Waals surface area contributed by atoms with Crippen LogP contribution in [0.25, 0.3) is 0 Å². The molecule has 1 amide bonds. The Morgan fingerprint density at radius 3 is 2.30 bits per heavy atom. The lowest BCUT2D eigenvalue weighted by molar-refractivity contribution is 0.136. The lowest BCUT2D eigenvalue weighted by atomic mass is 10.0. The van der Waals surface area contributed by atoms with Crippen LogP contribution in [0.2, 0.25) is 0 Å². The van der Waals surface area contributed by atoms with Crippen LogP contribution in [0, 0.1) is 0 Å². The highest BCUT2D eigenvalue weighted by Crippen LogP contribution is 1.86. The van der Waals surface area contributed by atoms with Crippen molar-refractivity contribution < 1.29 is 9.53 Å². The van der Waals surface area contributed by atoms with Gasteiger partial charge in [0.2, 0.25) is 0 Å². The maximum Gasteiger partial charge on any atom is 0.406 e. The standard InChI is InChI=1S/C6H12BNO2/c1-4(2)8-6(9)10-5(3)7/h4-5H,1-3H3,(H,8,9). The number of carbonyl (C=O) groups is 1. The van der Waals surface area contributed by atoms with E-state index in [2.05, 4.69) is 10.1 Å². The average molecular weight is 141 g/mol. The molecule has 0 aromatic heterocycles. The Balaban J connectivity index is 3.44. The molecule has 10 heavy (non-hydrogen) atoms. The minimum atomic E-state index is -0.543. The van der Waals surface area contributed by atoms with E-state index in [4.69, 9.17) is 7.85 Å². The van der Waals surface area contributed by atoms with Gasteiger partial charge in [0.1, 0.15) is 7.85 Å². The summed E-state index contributed by atoms with van der Waals surface area (Å²) < 4.78 is 4.59. The first-order chi connectivity index (χ1) is 4.52. The van der Waals surface area contributed by atoms with Crippen LogP contribution in [-0.4, -0.2) is 26.0 Å². The third kappa shape index (κ3) is 5.47. The molecule has 0 aliphatic rings. The van der Waals surface area contributed by atoms with E-state index in [1.807, 2.05) is 13.8 Å². The highest BCUT2D eigenvalue weighted by atomic mass is 16.6. The molecular weight excluding hydrogens is 129 g/mol. The number of hydrogen-bond acceptors (Lipinski definition) is 2. The van der Waals surface area contributed by atoms with E-state index >= 15 is 0 Å². The predicted octanol–water partition coefficient (Wildman–Crippen LogP) is 0.635. The second-order valence-electron chi connectivity index (χ2n) is 2.41. The average Bonchev–Trinajstić information content (AvgIpc) is 1.58. The SMILES string of the molecule is [B]C(C)OC(=O)NC(C)C. The van der Waals surface area contributed by atoms with Gasteiger partial charge in [0, 0.05) is 6.04 Å². The number of ether oxygens (including phenoxy) is 1. The lowest BCUT2D eigenvalue weighted by Gasteiger charge is -2.11. The molecular formula is C6H12BNO2. The minimum Gasteiger partial charge on any atom is -0.457 e. The molecule has 0 saturated carbocycles. The van der Waals surface area contributed by atoms with Gasteiger partial charge < -0.3 is 10.1 Å². The fraction of sp³-hybridized carbons (Fsp3) is 0.833. The molecule has 0 aliphatic heterocycles. The molecule has 1 unspecified atom stereocenters. The summed E-state index contributed by atoms with van der Waals surface area (Å²) in [5, 5.41) is 2.53. The van der Waals surface area contributed by atoms with Crippen LogP contribution in [0.3, 0.4) is 0 Å². The molecule has 0 saturated heterocycles. The number of hydrogen-bond donors (Lipinski definition) is 1. The molecule has 0 rings (SSSR count). The Bertz CT molecular complexity index is 102. The third-order valence-corrected chi connectivity index (χ3v) is 0.699. The Morgan fingerprint density at radius 1 is 1.50 bits per heavy atom. The Morgan fingerprint density at radius 2 is 2.00 bits per heavy atom. The molecule has 0 aromatic rings. The van der Waals surface area contributed by atoms with Crippen molar-refractivity contribution in [1.29, 1.82) is 0 Å². The van der Waals surface area contributed by atoms with Gasteiger partial charge in [0.15, 0.2) is 0 Å². The fourth-order valence-electron chi connectivity index (χ4n) is 0.439. The van der Waals surface area contributed by atoms with Crippen LogP contribution in [0.1, 0.15) is 20.8 Å². The normalized spacial score (nSPS) is 12.8. The van der Waals surface area contributed by atoms with Gasteiger partial charge in [0.25, 0.3) is 0 Å². The van der Waals surface area contributed by atoms with Crippen molar-refractivity contribution in [1.82, 2.24) is 5.32 Å². The van der Waals surface area contributed by atoms with E-state index in [1.165, 1.54) is 0 Å². The van der Waals surface area contributed by atoms with Gasteiger partial charge in [0.05, 0.1) is 6.00 Å². The number of alkyl carbamates (subject to hydrolysis) is 1. The predicted molar refractivity (Wildman–Crippen MR) is 40.0 cm³/mol. The smallest absolute Gasteiger partial charge is 0.406 e. The van der Waals surface area contributed by atoms with E-state index in [-0.39, 0.29) is 6.04 Å². The molecule has 0 bridgehead atoms. The molecule has 0 spiro atoms. The van der Waals surface area contributed by atoms with Gasteiger partial charge in [-0.05, 0) is 20.8 Å². The molecule has 0 heterocycles. The van der Waals surface area contributed by atoms with Gasteiger partial charge in [-0.25, -0.2) is 4.79 Å². The summed E-state index contributed by atoms with van der Waals surface area (Å²) in [5.74, 6) is 0. The zero-order valence-corrected chi connectivity index (χ0v) is 6.55. The van der Waals surface area contributed by atoms with Gasteiger partial charge in [-0.3, -0.25) is 0 Å². The molecule has 2 radical (unpaired) electrons. The first kappa shape index (κ1) is 9.33. The van der Waals surface area contributed by atoms with Crippen LogP contribution >= 0.6 is 0 Å². The van der Waals surface area contributed by atoms with E-state index in [1.54, 1.807) is 6.92 Å². The topological polar surface area (TPSA) is 38.3 Å². The van der Waals surface area contributed by atoms with Crippen molar-refractivity contribution in [2.24, 2.45) is 0 Å². The van der Waals surface area contributed by atoms with Gasteiger partial charge in [-0.2, -0.15) is 0 Å². The monoisotopic (exact) mass is 141 g/mol. The summed E-state index contributed by atoms with van der Waals surface area (Å²) in [7, 11) is 5.19. The van der Waals surface area contributed by atoms with Crippen molar-refractivity contribution >= 4 is 13.9 Å². The van der Waals surface area contributed by atoms with Crippen molar-refractivity contribution in [2.75, 3.05) is 0 Å². The summed E-state index contributed by atoms with van der Waals surface area (Å²) in [5.41, 5.74) is 0. The van der Waals surface area contributed by atoms with Crippen LogP contribution in [0.5, 0.6) is 0 Å². The highest BCUT2D eigenvalue weighted by molar-refractivity contribution is 6.11. The quantitative estimate of drug-likeness (QED) is 0.573. The molecule has 0 aliphatic carbocycles. The Hall–Kier alpha value is -0.665. The zero-order valence-electron chi connectivity index (χ0n) is 6.55. The number of nitrogens with one attached hydrogen (secondary N) is 1. The van der Waals surface area contributed by atoms with Crippen molar-refractivity contribution in [3.8, 4) is 0 Å². The molecule has 56 valence electrons. The van der Waals surface area contributed by atoms with Crippen LogP contribution in [0.15, 0.2) is 0 Å². The highest BCUT2D eigenvalue weighted by Gasteiger charge is 2.04. The van der Waals surface area contributed by atoms with E-state index in [0.29, 0.717) is 0 Å². The van der Waals surface area contributed by atoms with E-state index in [0.717, 1.165) is 0 Å². The van der Waals surface area contributed by atoms with Crippen LogP contribution in [-0.2, 0) is 4.74 Å². The second kappa shape index (κ2) is 4.20. The minimum absolute atomic E-state index is 0.0891. The second-order valence-corrected chi connectivity index (χ2v) is 2.41. The number of carbonyl (C=O) groups excluding carboxylic acids is 1. The summed E-state index contributed by atoms with van der Waals surface area (Å²) in [4.78, 5) is 10.7. The van der Waals surface area contributed by atoms with Gasteiger partial charge in [-0.1, -0.05) is 0 Å². The molecule has 0 aromatic carbocycles. The third-order valence-electron chi connectivity index (χ3n) is 0.699. The maximum absolute atomic E-state index is 10.7. The van der Waals surface area contributed by atoms with Crippen molar-refractivity contribution in [2.45, 2.75) is 32.8 Å². The molecule has 4 heteroatoms. The maximum atomic E-state index is 10.7. The van der Waals surface area contributed by atoms with Crippen molar-refractivity contribution in [3.05, 3.63) is 0 Å². The summed E-state index contributed by atoms with van der Waals surface area (Å²) in [6.45, 7) is 5.30. The molecule has 1 atom stereocenters. The largest absolute Gasteiger partial charge is 0.457 e. The van der Waals surface area contributed by atoms with Crippen molar-refractivity contribution in [3.63, 3.8) is 0 Å². The molecule has 0 fully saturated rings.